The van der Waals surface area contributed by atoms with E-state index in [1.165, 1.54) is 29.5 Å². The molecule has 0 saturated heterocycles. The number of nitrogens with one attached hydrogen (secondary N) is 1. The maximum Gasteiger partial charge on any atom is 0.230 e. The lowest BCUT2D eigenvalue weighted by Gasteiger charge is -2.14. The number of rotatable bonds is 9. The summed E-state index contributed by atoms with van der Waals surface area (Å²) in [5.74, 6) is 1.13. The van der Waals surface area contributed by atoms with Crippen molar-refractivity contribution in [2.45, 2.75) is 50.4 Å². The Morgan fingerprint density at radius 1 is 1.28 bits per heavy atom. The highest BCUT2D eigenvalue weighted by atomic mass is 32.2. The Bertz CT molecular complexity index is 725. The van der Waals surface area contributed by atoms with Gasteiger partial charge in [-0.2, -0.15) is 0 Å². The quantitative estimate of drug-likeness (QED) is 0.475. The van der Waals surface area contributed by atoms with E-state index in [9.17, 15) is 4.79 Å². The highest BCUT2D eigenvalue weighted by molar-refractivity contribution is 8.01. The van der Waals surface area contributed by atoms with Crippen LogP contribution in [0.4, 0.5) is 0 Å². The summed E-state index contributed by atoms with van der Waals surface area (Å²) in [6.45, 7) is 6.52. The van der Waals surface area contributed by atoms with Crippen molar-refractivity contribution in [3.63, 3.8) is 0 Å². The first-order chi connectivity index (χ1) is 12.0. The van der Waals surface area contributed by atoms with Gasteiger partial charge in [-0.1, -0.05) is 68.0 Å². The van der Waals surface area contributed by atoms with Gasteiger partial charge in [0, 0.05) is 6.04 Å². The van der Waals surface area contributed by atoms with Gasteiger partial charge in [0.2, 0.25) is 5.91 Å². The largest absolute Gasteiger partial charge is 0.353 e. The number of amides is 1. The summed E-state index contributed by atoms with van der Waals surface area (Å²) in [6, 6.07) is 10.0. The molecule has 0 saturated carbocycles. The smallest absolute Gasteiger partial charge is 0.230 e. The topological polar surface area (TPSA) is 46.9 Å². The highest BCUT2D eigenvalue weighted by Gasteiger charge is 2.11. The van der Waals surface area contributed by atoms with E-state index in [1.54, 1.807) is 4.68 Å². The van der Waals surface area contributed by atoms with E-state index in [0.717, 1.165) is 22.9 Å². The van der Waals surface area contributed by atoms with Crippen molar-refractivity contribution in [1.29, 1.82) is 0 Å². The number of carbonyl (C=O) groups excluding carboxylic acids is 1. The van der Waals surface area contributed by atoms with Gasteiger partial charge >= 0.3 is 0 Å². The lowest BCUT2D eigenvalue weighted by Crippen LogP contribution is -2.33. The average Bonchev–Trinajstić information content (AvgIpc) is 2.94. The van der Waals surface area contributed by atoms with E-state index in [1.807, 2.05) is 30.3 Å². The van der Waals surface area contributed by atoms with Crippen molar-refractivity contribution in [3.05, 3.63) is 34.3 Å². The molecule has 0 spiro atoms. The van der Waals surface area contributed by atoms with Gasteiger partial charge in [-0.3, -0.25) is 4.79 Å². The molecule has 0 radical (unpaired) electrons. The van der Waals surface area contributed by atoms with Gasteiger partial charge < -0.3 is 5.32 Å². The molecule has 136 valence electrons. The molecule has 0 aliphatic carbocycles. The maximum atomic E-state index is 12.1. The predicted octanol–water partition coefficient (Wildman–Crippen LogP) is 5.09. The molecule has 0 aliphatic heterocycles. The van der Waals surface area contributed by atoms with Crippen molar-refractivity contribution in [2.24, 2.45) is 5.92 Å². The second-order valence-electron chi connectivity index (χ2n) is 6.46. The van der Waals surface area contributed by atoms with E-state index >= 15 is 0 Å². The van der Waals surface area contributed by atoms with Gasteiger partial charge in [-0.05, 0) is 43.6 Å². The molecule has 0 bridgehead atoms. The number of carbonyl (C=O) groups is 1. The third-order valence-corrected chi connectivity index (χ3v) is 6.05. The number of benzene rings is 1. The Kier molecular flexibility index (Phi) is 8.12. The average molecular weight is 396 g/mol. The van der Waals surface area contributed by atoms with Crippen LogP contribution in [0.15, 0.2) is 34.7 Å². The lowest BCUT2D eigenvalue weighted by molar-refractivity contribution is -0.119. The standard InChI is InChI=1S/C18H25N3OS3/c1-13(2)8-7-9-14(3)19-16(22)12-24-17-20-21(18(23)25-17)15-10-5-4-6-11-15/h4-6,10-11,13-14H,7-9,12H2,1-3H3,(H,19,22). The fraction of sp³-hybridized carbons (Fsp3) is 0.500. The molecule has 0 fully saturated rings. The van der Waals surface area contributed by atoms with Crippen molar-refractivity contribution in [1.82, 2.24) is 15.1 Å². The summed E-state index contributed by atoms with van der Waals surface area (Å²) >= 11 is 8.25. The number of nitrogens with zero attached hydrogens (tertiary/aromatic N) is 2. The molecule has 1 aromatic carbocycles. The SMILES string of the molecule is CC(C)CCCC(C)NC(=O)CSc1nn(-c2ccccc2)c(=S)s1. The van der Waals surface area contributed by atoms with Gasteiger partial charge in [0.25, 0.3) is 0 Å². The van der Waals surface area contributed by atoms with Gasteiger partial charge in [-0.15, -0.1) is 5.10 Å². The minimum absolute atomic E-state index is 0.0504. The maximum absolute atomic E-state index is 12.1. The van der Waals surface area contributed by atoms with Crippen LogP contribution in [0.3, 0.4) is 0 Å². The van der Waals surface area contributed by atoms with Crippen LogP contribution in [0.1, 0.15) is 40.0 Å². The Hall–Kier alpha value is -1.18. The zero-order chi connectivity index (χ0) is 18.2. The van der Waals surface area contributed by atoms with E-state index in [4.69, 9.17) is 12.2 Å². The Morgan fingerprint density at radius 2 is 2.00 bits per heavy atom. The molecule has 7 heteroatoms. The number of para-hydroxylation sites is 1. The summed E-state index contributed by atoms with van der Waals surface area (Å²) in [4.78, 5) is 12.1. The van der Waals surface area contributed by atoms with Gasteiger partial charge in [0.15, 0.2) is 8.29 Å². The first kappa shape index (κ1) is 20.1. The molecule has 0 aliphatic rings. The van der Waals surface area contributed by atoms with Crippen LogP contribution in [0.5, 0.6) is 0 Å². The van der Waals surface area contributed by atoms with Crippen molar-refractivity contribution >= 4 is 41.2 Å². The summed E-state index contributed by atoms with van der Waals surface area (Å²) in [5.41, 5.74) is 0.943. The Balaban J connectivity index is 1.81. The lowest BCUT2D eigenvalue weighted by atomic mass is 10.0. The van der Waals surface area contributed by atoms with E-state index in [2.05, 4.69) is 31.2 Å². The molecule has 1 aromatic heterocycles. The first-order valence-electron chi connectivity index (χ1n) is 8.53. The van der Waals surface area contributed by atoms with Crippen molar-refractivity contribution in [2.75, 3.05) is 5.75 Å². The third kappa shape index (κ3) is 6.92. The molecule has 1 heterocycles. The van der Waals surface area contributed by atoms with Gasteiger partial charge in [0.1, 0.15) is 0 Å². The summed E-state index contributed by atoms with van der Waals surface area (Å²) in [6.07, 6.45) is 3.38. The van der Waals surface area contributed by atoms with Crippen molar-refractivity contribution < 1.29 is 4.79 Å². The molecular formula is C18H25N3OS3. The normalized spacial score (nSPS) is 12.3. The molecule has 2 rings (SSSR count). The van der Waals surface area contributed by atoms with E-state index in [0.29, 0.717) is 15.6 Å². The fourth-order valence-electron chi connectivity index (χ4n) is 2.40. The molecule has 1 N–H and O–H groups in total. The Morgan fingerprint density at radius 3 is 2.68 bits per heavy atom. The Labute approximate surface area is 163 Å². The van der Waals surface area contributed by atoms with Gasteiger partial charge in [0.05, 0.1) is 11.4 Å². The number of thioether (sulfide) groups is 1. The molecule has 4 nitrogen and oxygen atoms in total. The minimum Gasteiger partial charge on any atom is -0.353 e. The highest BCUT2D eigenvalue weighted by Crippen LogP contribution is 2.23. The van der Waals surface area contributed by atoms with Crippen LogP contribution < -0.4 is 5.32 Å². The number of hydrogen-bond donors (Lipinski definition) is 1. The summed E-state index contributed by atoms with van der Waals surface area (Å²) < 4.78 is 3.25. The molecule has 1 atom stereocenters. The summed E-state index contributed by atoms with van der Waals surface area (Å²) in [5, 5.41) is 7.58. The first-order valence-corrected chi connectivity index (χ1v) is 10.7. The molecule has 25 heavy (non-hydrogen) atoms. The van der Waals surface area contributed by atoms with Crippen LogP contribution >= 0.6 is 35.3 Å². The monoisotopic (exact) mass is 395 g/mol. The second kappa shape index (κ2) is 10.1. The van der Waals surface area contributed by atoms with Crippen molar-refractivity contribution in [3.8, 4) is 5.69 Å². The van der Waals surface area contributed by atoms with Crippen LogP contribution in [-0.4, -0.2) is 27.5 Å². The van der Waals surface area contributed by atoms with Crippen LogP contribution in [0.2, 0.25) is 0 Å². The van der Waals surface area contributed by atoms with E-state index in [-0.39, 0.29) is 11.9 Å². The van der Waals surface area contributed by atoms with E-state index < -0.39 is 0 Å². The zero-order valence-electron chi connectivity index (χ0n) is 14.9. The number of aromatic nitrogens is 2. The van der Waals surface area contributed by atoms with Crippen LogP contribution in [0.25, 0.3) is 5.69 Å². The zero-order valence-corrected chi connectivity index (χ0v) is 17.3. The third-order valence-electron chi connectivity index (χ3n) is 3.68. The molecular weight excluding hydrogens is 370 g/mol. The molecule has 2 aromatic rings. The fourth-order valence-corrected chi connectivity index (χ4v) is 4.57. The number of hydrogen-bond acceptors (Lipinski definition) is 5. The van der Waals surface area contributed by atoms with Gasteiger partial charge in [-0.25, -0.2) is 4.68 Å². The van der Waals surface area contributed by atoms with Crippen LogP contribution in [-0.2, 0) is 4.79 Å². The second-order valence-corrected chi connectivity index (χ2v) is 9.31. The predicted molar refractivity (Wildman–Crippen MR) is 109 cm³/mol. The minimum atomic E-state index is 0.0504. The molecule has 1 amide bonds. The summed E-state index contributed by atoms with van der Waals surface area (Å²) in [7, 11) is 0. The van der Waals surface area contributed by atoms with Crippen LogP contribution in [0, 0.1) is 9.87 Å². The molecule has 1 unspecified atom stereocenters.